The first-order valence-electron chi connectivity index (χ1n) is 8.88. The number of aromatic nitrogens is 1. The number of hydrazine groups is 1. The molecule has 0 saturated carbocycles. The number of nitrogens with zero attached hydrogens (tertiary/aromatic N) is 2. The minimum Gasteiger partial charge on any atom is -0.333 e. The van der Waals surface area contributed by atoms with Gasteiger partial charge in [-0.3, -0.25) is 9.80 Å². The standard InChI is InChI=1S/C19H26FN5O2S/c1-12(26)23-17-24-15(11-28-17)8-6-13-5-7-14(16(20)9-13)10-22-18(27)25(21)19(2,3)4/h5,7,9,11H,6,8,10,21H2,1-4H3,(H,22,27)(H,23,24,26). The lowest BCUT2D eigenvalue weighted by molar-refractivity contribution is -0.114. The molecule has 0 bridgehead atoms. The van der Waals surface area contributed by atoms with Crippen LogP contribution in [0, 0.1) is 5.82 Å². The van der Waals surface area contributed by atoms with Crippen LogP contribution in [0.3, 0.4) is 0 Å². The Morgan fingerprint density at radius 2 is 2.00 bits per heavy atom. The van der Waals surface area contributed by atoms with Gasteiger partial charge in [0.2, 0.25) is 5.91 Å². The smallest absolute Gasteiger partial charge is 0.332 e. The van der Waals surface area contributed by atoms with Gasteiger partial charge in [0, 0.05) is 24.4 Å². The lowest BCUT2D eigenvalue weighted by Crippen LogP contribution is -2.54. The number of thiazole rings is 1. The molecule has 0 atom stereocenters. The van der Waals surface area contributed by atoms with Crippen LogP contribution in [0.15, 0.2) is 23.6 Å². The van der Waals surface area contributed by atoms with E-state index in [1.54, 1.807) is 6.07 Å². The number of hydrogen-bond acceptors (Lipinski definition) is 5. The molecule has 3 amide bonds. The van der Waals surface area contributed by atoms with Crippen molar-refractivity contribution in [3.8, 4) is 0 Å². The summed E-state index contributed by atoms with van der Waals surface area (Å²) >= 11 is 1.36. The molecule has 7 nitrogen and oxygen atoms in total. The highest BCUT2D eigenvalue weighted by molar-refractivity contribution is 7.13. The fourth-order valence-corrected chi connectivity index (χ4v) is 3.14. The number of halogens is 1. The van der Waals surface area contributed by atoms with Gasteiger partial charge in [-0.25, -0.2) is 20.0 Å². The van der Waals surface area contributed by atoms with Crippen molar-refractivity contribution < 1.29 is 14.0 Å². The maximum Gasteiger partial charge on any atom is 0.332 e. The summed E-state index contributed by atoms with van der Waals surface area (Å²) < 4.78 is 14.4. The van der Waals surface area contributed by atoms with E-state index in [0.717, 1.165) is 16.3 Å². The van der Waals surface area contributed by atoms with Crippen LogP contribution in [0.25, 0.3) is 0 Å². The molecule has 0 spiro atoms. The number of urea groups is 1. The molecule has 28 heavy (non-hydrogen) atoms. The number of nitrogens with one attached hydrogen (secondary N) is 2. The lowest BCUT2D eigenvalue weighted by atomic mass is 10.1. The highest BCUT2D eigenvalue weighted by atomic mass is 32.1. The van der Waals surface area contributed by atoms with E-state index in [9.17, 15) is 14.0 Å². The number of benzene rings is 1. The zero-order valence-corrected chi connectivity index (χ0v) is 17.3. The van der Waals surface area contributed by atoms with E-state index in [1.807, 2.05) is 32.2 Å². The predicted molar refractivity (Wildman–Crippen MR) is 108 cm³/mol. The van der Waals surface area contributed by atoms with E-state index in [4.69, 9.17) is 5.84 Å². The van der Waals surface area contributed by atoms with Crippen molar-refractivity contribution in [2.24, 2.45) is 5.84 Å². The second-order valence-electron chi connectivity index (χ2n) is 7.45. The predicted octanol–water partition coefficient (Wildman–Crippen LogP) is 3.21. The Bertz CT molecular complexity index is 847. The summed E-state index contributed by atoms with van der Waals surface area (Å²) in [6.45, 7) is 6.92. The molecule has 0 radical (unpaired) electrons. The normalized spacial score (nSPS) is 11.2. The number of carbonyl (C=O) groups is 2. The van der Waals surface area contributed by atoms with Gasteiger partial charge in [-0.1, -0.05) is 12.1 Å². The van der Waals surface area contributed by atoms with E-state index < -0.39 is 11.6 Å². The third-order valence-corrected chi connectivity index (χ3v) is 4.80. The van der Waals surface area contributed by atoms with Crippen LogP contribution < -0.4 is 16.5 Å². The third kappa shape index (κ3) is 6.28. The van der Waals surface area contributed by atoms with Gasteiger partial charge in [0.25, 0.3) is 0 Å². The van der Waals surface area contributed by atoms with Crippen LogP contribution in [0.2, 0.25) is 0 Å². The molecule has 9 heteroatoms. The Hall–Kier alpha value is -2.52. The van der Waals surface area contributed by atoms with Gasteiger partial charge in [-0.05, 0) is 45.2 Å². The van der Waals surface area contributed by atoms with E-state index in [2.05, 4.69) is 15.6 Å². The molecule has 4 N–H and O–H groups in total. The van der Waals surface area contributed by atoms with Crippen LogP contribution in [0.4, 0.5) is 14.3 Å². The molecule has 1 aromatic heterocycles. The molecule has 0 unspecified atom stereocenters. The highest BCUT2D eigenvalue weighted by Gasteiger charge is 2.23. The first kappa shape index (κ1) is 21.8. The van der Waals surface area contributed by atoms with Gasteiger partial charge in [-0.2, -0.15) is 0 Å². The molecule has 152 valence electrons. The van der Waals surface area contributed by atoms with Crippen molar-refractivity contribution in [2.45, 2.75) is 52.6 Å². The fourth-order valence-electron chi connectivity index (χ4n) is 2.35. The molecule has 2 rings (SSSR count). The van der Waals surface area contributed by atoms with Crippen molar-refractivity contribution in [3.05, 3.63) is 46.2 Å². The van der Waals surface area contributed by atoms with Crippen LogP contribution in [-0.2, 0) is 24.2 Å². The van der Waals surface area contributed by atoms with E-state index in [1.165, 1.54) is 24.3 Å². The maximum absolute atomic E-state index is 14.4. The Morgan fingerprint density at radius 3 is 2.61 bits per heavy atom. The van der Waals surface area contributed by atoms with Crippen LogP contribution in [0.5, 0.6) is 0 Å². The number of rotatable bonds is 6. The van der Waals surface area contributed by atoms with Crippen molar-refractivity contribution in [2.75, 3.05) is 5.32 Å². The van der Waals surface area contributed by atoms with Gasteiger partial charge in [0.1, 0.15) is 5.82 Å². The SMILES string of the molecule is CC(=O)Nc1nc(CCc2ccc(CNC(=O)N(N)C(C)(C)C)c(F)c2)cs1. The first-order chi connectivity index (χ1) is 13.1. The van der Waals surface area contributed by atoms with Crippen molar-refractivity contribution in [1.82, 2.24) is 15.3 Å². The number of amides is 3. The molecular weight excluding hydrogens is 381 g/mol. The Morgan fingerprint density at radius 1 is 1.29 bits per heavy atom. The van der Waals surface area contributed by atoms with E-state index in [0.29, 0.717) is 23.5 Å². The third-order valence-electron chi connectivity index (χ3n) is 3.99. The number of nitrogens with two attached hydrogens (primary N) is 1. The molecular formula is C19H26FN5O2S. The largest absolute Gasteiger partial charge is 0.333 e. The van der Waals surface area contributed by atoms with E-state index in [-0.39, 0.29) is 18.3 Å². The zero-order valence-electron chi connectivity index (χ0n) is 16.5. The van der Waals surface area contributed by atoms with Gasteiger partial charge in [0.05, 0.1) is 11.2 Å². The fraction of sp³-hybridized carbons (Fsp3) is 0.421. The molecule has 1 aromatic carbocycles. The number of anilines is 1. The average molecular weight is 408 g/mol. The van der Waals surface area contributed by atoms with Crippen molar-refractivity contribution in [3.63, 3.8) is 0 Å². The second kappa shape index (κ2) is 9.11. The molecule has 0 aliphatic rings. The summed E-state index contributed by atoms with van der Waals surface area (Å²) in [4.78, 5) is 27.4. The Kier molecular flexibility index (Phi) is 7.09. The van der Waals surface area contributed by atoms with Crippen LogP contribution >= 0.6 is 11.3 Å². The monoisotopic (exact) mass is 407 g/mol. The van der Waals surface area contributed by atoms with Crippen LogP contribution in [0.1, 0.15) is 44.5 Å². The van der Waals surface area contributed by atoms with Gasteiger partial charge >= 0.3 is 6.03 Å². The molecule has 0 saturated heterocycles. The second-order valence-corrected chi connectivity index (χ2v) is 8.31. The topological polar surface area (TPSA) is 100 Å². The summed E-state index contributed by atoms with van der Waals surface area (Å²) in [6, 6.07) is 4.49. The van der Waals surface area contributed by atoms with Crippen molar-refractivity contribution >= 4 is 28.4 Å². The number of carbonyl (C=O) groups excluding carboxylic acids is 2. The van der Waals surface area contributed by atoms with Crippen LogP contribution in [-0.4, -0.2) is 27.5 Å². The summed E-state index contributed by atoms with van der Waals surface area (Å²) in [5.41, 5.74) is 1.54. The minimum atomic E-state index is -0.526. The maximum atomic E-state index is 14.4. The van der Waals surface area contributed by atoms with Crippen molar-refractivity contribution in [1.29, 1.82) is 0 Å². The van der Waals surface area contributed by atoms with Gasteiger partial charge in [0.15, 0.2) is 5.13 Å². The number of aryl methyl sites for hydroxylation is 2. The Balaban J connectivity index is 1.90. The van der Waals surface area contributed by atoms with Gasteiger partial charge in [-0.15, -0.1) is 11.3 Å². The molecule has 0 aliphatic heterocycles. The molecule has 0 fully saturated rings. The minimum absolute atomic E-state index is 0.0564. The quantitative estimate of drug-likeness (QED) is 0.389. The summed E-state index contributed by atoms with van der Waals surface area (Å²) in [7, 11) is 0. The summed E-state index contributed by atoms with van der Waals surface area (Å²) in [5, 5.41) is 8.78. The lowest BCUT2D eigenvalue weighted by Gasteiger charge is -2.31. The number of hydrogen-bond donors (Lipinski definition) is 3. The summed E-state index contributed by atoms with van der Waals surface area (Å²) in [5.74, 6) is 5.20. The van der Waals surface area contributed by atoms with E-state index >= 15 is 0 Å². The molecule has 0 aliphatic carbocycles. The summed E-state index contributed by atoms with van der Waals surface area (Å²) in [6.07, 6.45) is 1.26. The molecule has 1 heterocycles. The first-order valence-corrected chi connectivity index (χ1v) is 9.76. The average Bonchev–Trinajstić information content (AvgIpc) is 3.04. The molecule has 2 aromatic rings. The highest BCUT2D eigenvalue weighted by Crippen LogP contribution is 2.18. The zero-order chi connectivity index (χ0) is 20.9. The Labute approximate surface area is 168 Å². The van der Waals surface area contributed by atoms with Gasteiger partial charge < -0.3 is 10.6 Å².